The van der Waals surface area contributed by atoms with Crippen molar-refractivity contribution in [2.24, 2.45) is 5.14 Å². The summed E-state index contributed by atoms with van der Waals surface area (Å²) >= 11 is 0. The van der Waals surface area contributed by atoms with Gasteiger partial charge in [0, 0.05) is 18.5 Å². The van der Waals surface area contributed by atoms with E-state index in [2.05, 4.69) is 0 Å². The van der Waals surface area contributed by atoms with Gasteiger partial charge in [0.1, 0.15) is 0 Å². The molecule has 0 bridgehead atoms. The summed E-state index contributed by atoms with van der Waals surface area (Å²) in [4.78, 5) is 11.4. The van der Waals surface area contributed by atoms with E-state index in [1.54, 1.807) is 24.3 Å². The minimum Gasteiger partial charge on any atom is -0.287 e. The van der Waals surface area contributed by atoms with Crippen LogP contribution in [0, 0.1) is 0 Å². The molecule has 0 atom stereocenters. The Kier molecular flexibility index (Phi) is 2.76. The van der Waals surface area contributed by atoms with E-state index in [4.69, 9.17) is 5.14 Å². The first-order valence-electron chi connectivity index (χ1n) is 4.99. The Bertz CT molecular complexity index is 686. The van der Waals surface area contributed by atoms with Gasteiger partial charge in [0.05, 0.1) is 11.3 Å². The van der Waals surface area contributed by atoms with E-state index in [0.717, 1.165) is 5.39 Å². The van der Waals surface area contributed by atoms with Crippen molar-refractivity contribution in [1.29, 1.82) is 0 Å². The number of hydrogen-bond donors (Lipinski definition) is 1. The molecular weight excluding hydrogens is 240 g/mol. The number of nitrogens with zero attached hydrogens (tertiary/aromatic N) is 1. The lowest BCUT2D eigenvalue weighted by Crippen LogP contribution is -2.14. The third-order valence-corrected chi connectivity index (χ3v) is 3.20. The van der Waals surface area contributed by atoms with Crippen molar-refractivity contribution in [3.63, 3.8) is 0 Å². The SMILES string of the molecule is CC(=O)n1cc(CS(N)(=O)=O)c2ccccc21. The Morgan fingerprint density at radius 1 is 1.35 bits per heavy atom. The van der Waals surface area contributed by atoms with Crippen molar-refractivity contribution < 1.29 is 13.2 Å². The smallest absolute Gasteiger partial charge is 0.227 e. The Morgan fingerprint density at radius 3 is 2.59 bits per heavy atom. The molecule has 1 aromatic heterocycles. The van der Waals surface area contributed by atoms with Crippen LogP contribution in [0.2, 0.25) is 0 Å². The van der Waals surface area contributed by atoms with E-state index in [9.17, 15) is 13.2 Å². The first-order valence-corrected chi connectivity index (χ1v) is 6.70. The number of primary sulfonamides is 1. The minimum atomic E-state index is -3.61. The highest BCUT2D eigenvalue weighted by Gasteiger charge is 2.14. The molecule has 6 heteroatoms. The molecule has 0 aliphatic heterocycles. The number of para-hydroxylation sites is 1. The topological polar surface area (TPSA) is 82.2 Å². The predicted molar refractivity (Wildman–Crippen MR) is 65.0 cm³/mol. The van der Waals surface area contributed by atoms with Crippen molar-refractivity contribution >= 4 is 26.8 Å². The van der Waals surface area contributed by atoms with Crippen LogP contribution in [0.5, 0.6) is 0 Å². The van der Waals surface area contributed by atoms with Gasteiger partial charge in [-0.3, -0.25) is 9.36 Å². The molecule has 90 valence electrons. The lowest BCUT2D eigenvalue weighted by Gasteiger charge is -1.97. The zero-order valence-electron chi connectivity index (χ0n) is 9.25. The minimum absolute atomic E-state index is 0.165. The Morgan fingerprint density at radius 2 is 2.00 bits per heavy atom. The Balaban J connectivity index is 2.69. The van der Waals surface area contributed by atoms with Gasteiger partial charge in [-0.1, -0.05) is 18.2 Å². The molecule has 0 aliphatic carbocycles. The molecule has 2 N–H and O–H groups in total. The van der Waals surface area contributed by atoms with Crippen LogP contribution >= 0.6 is 0 Å². The van der Waals surface area contributed by atoms with Gasteiger partial charge >= 0.3 is 0 Å². The molecule has 0 saturated carbocycles. The van der Waals surface area contributed by atoms with Crippen LogP contribution in [0.3, 0.4) is 0 Å². The number of aromatic nitrogens is 1. The second kappa shape index (κ2) is 3.97. The molecule has 2 rings (SSSR count). The number of sulfonamides is 1. The standard InChI is InChI=1S/C11H12N2O3S/c1-8(14)13-6-9(7-17(12,15)16)10-4-2-3-5-11(10)13/h2-6H,7H2,1H3,(H2,12,15,16). The molecule has 0 spiro atoms. The number of nitrogens with two attached hydrogens (primary N) is 1. The quantitative estimate of drug-likeness (QED) is 0.868. The van der Waals surface area contributed by atoms with E-state index in [1.165, 1.54) is 17.7 Å². The Hall–Kier alpha value is -1.66. The van der Waals surface area contributed by atoms with Crippen LogP contribution in [0.1, 0.15) is 17.3 Å². The van der Waals surface area contributed by atoms with Crippen molar-refractivity contribution in [1.82, 2.24) is 4.57 Å². The van der Waals surface area contributed by atoms with Crippen LogP contribution in [-0.2, 0) is 15.8 Å². The lowest BCUT2D eigenvalue weighted by molar-refractivity contribution is 0.0941. The largest absolute Gasteiger partial charge is 0.287 e. The summed E-state index contributed by atoms with van der Waals surface area (Å²) in [6.07, 6.45) is 1.53. The summed E-state index contributed by atoms with van der Waals surface area (Å²) in [5.41, 5.74) is 1.23. The van der Waals surface area contributed by atoms with E-state index < -0.39 is 10.0 Å². The van der Waals surface area contributed by atoms with Gasteiger partial charge in [-0.2, -0.15) is 0 Å². The number of carbonyl (C=O) groups excluding carboxylic acids is 1. The van der Waals surface area contributed by atoms with Gasteiger partial charge in [-0.05, 0) is 11.6 Å². The molecule has 0 saturated heterocycles. The van der Waals surface area contributed by atoms with E-state index >= 15 is 0 Å². The summed E-state index contributed by atoms with van der Waals surface area (Å²) in [6, 6.07) is 7.13. The maximum atomic E-state index is 11.4. The van der Waals surface area contributed by atoms with Gasteiger partial charge in [0.15, 0.2) is 0 Å². The fraction of sp³-hybridized carbons (Fsp3) is 0.182. The zero-order valence-corrected chi connectivity index (χ0v) is 10.1. The van der Waals surface area contributed by atoms with Crippen LogP contribution in [0.15, 0.2) is 30.5 Å². The average molecular weight is 252 g/mol. The number of fused-ring (bicyclic) bond motifs is 1. The fourth-order valence-corrected chi connectivity index (χ4v) is 2.51. The second-order valence-corrected chi connectivity index (χ2v) is 5.48. The van der Waals surface area contributed by atoms with Crippen molar-refractivity contribution in [3.05, 3.63) is 36.0 Å². The first kappa shape index (κ1) is 11.8. The molecular formula is C11H12N2O3S. The van der Waals surface area contributed by atoms with Crippen molar-refractivity contribution in [2.45, 2.75) is 12.7 Å². The zero-order chi connectivity index (χ0) is 12.6. The summed E-state index contributed by atoms with van der Waals surface area (Å²) in [5.74, 6) is -0.435. The number of rotatable bonds is 2. The maximum absolute atomic E-state index is 11.4. The molecule has 2 aromatic rings. The van der Waals surface area contributed by atoms with E-state index in [-0.39, 0.29) is 11.7 Å². The van der Waals surface area contributed by atoms with E-state index in [0.29, 0.717) is 11.1 Å². The van der Waals surface area contributed by atoms with Gasteiger partial charge in [0.25, 0.3) is 0 Å². The van der Waals surface area contributed by atoms with Crippen molar-refractivity contribution in [2.75, 3.05) is 0 Å². The summed E-state index contributed by atoms with van der Waals surface area (Å²) in [6.45, 7) is 1.42. The van der Waals surface area contributed by atoms with Gasteiger partial charge < -0.3 is 0 Å². The fourth-order valence-electron chi connectivity index (χ4n) is 1.84. The molecule has 0 aliphatic rings. The van der Waals surface area contributed by atoms with Gasteiger partial charge in [-0.15, -0.1) is 0 Å². The van der Waals surface area contributed by atoms with E-state index in [1.807, 2.05) is 0 Å². The number of hydrogen-bond acceptors (Lipinski definition) is 3. The summed E-state index contributed by atoms with van der Waals surface area (Å²) in [7, 11) is -3.61. The molecule has 0 fully saturated rings. The van der Waals surface area contributed by atoms with Crippen LogP contribution < -0.4 is 5.14 Å². The molecule has 0 radical (unpaired) electrons. The average Bonchev–Trinajstić information content (AvgIpc) is 2.55. The normalized spacial score (nSPS) is 11.9. The number of carbonyl (C=O) groups is 1. The summed E-state index contributed by atoms with van der Waals surface area (Å²) < 4.78 is 23.6. The van der Waals surface area contributed by atoms with Gasteiger partial charge in [0.2, 0.25) is 15.9 Å². The summed E-state index contributed by atoms with van der Waals surface area (Å²) in [5, 5.41) is 5.75. The molecule has 0 unspecified atom stereocenters. The van der Waals surface area contributed by atoms with Crippen LogP contribution in [-0.4, -0.2) is 18.9 Å². The van der Waals surface area contributed by atoms with Crippen molar-refractivity contribution in [3.8, 4) is 0 Å². The highest BCUT2D eigenvalue weighted by Crippen LogP contribution is 2.22. The molecule has 0 amide bonds. The highest BCUT2D eigenvalue weighted by molar-refractivity contribution is 7.88. The highest BCUT2D eigenvalue weighted by atomic mass is 32.2. The molecule has 1 aromatic carbocycles. The molecule has 17 heavy (non-hydrogen) atoms. The maximum Gasteiger partial charge on any atom is 0.227 e. The molecule has 5 nitrogen and oxygen atoms in total. The third kappa shape index (κ3) is 2.37. The molecule has 1 heterocycles. The van der Waals surface area contributed by atoms with Crippen LogP contribution in [0.25, 0.3) is 10.9 Å². The Labute approximate surface area is 98.9 Å². The predicted octanol–water partition coefficient (Wildman–Crippen LogP) is 1.09. The second-order valence-electron chi connectivity index (χ2n) is 3.87. The monoisotopic (exact) mass is 252 g/mol. The van der Waals surface area contributed by atoms with Crippen LogP contribution in [0.4, 0.5) is 0 Å². The first-order chi connectivity index (χ1) is 7.88. The van der Waals surface area contributed by atoms with Gasteiger partial charge in [-0.25, -0.2) is 13.6 Å². The lowest BCUT2D eigenvalue weighted by atomic mass is 10.2. The third-order valence-electron chi connectivity index (χ3n) is 2.49. The number of benzene rings is 1.